The maximum absolute atomic E-state index is 12.1. The molecule has 3 heterocycles. The van der Waals surface area contributed by atoms with Gasteiger partial charge in [0.25, 0.3) is 10.0 Å². The molecular formula is C16H27N7O5S2. The highest BCUT2D eigenvalue weighted by Gasteiger charge is 2.47. The van der Waals surface area contributed by atoms with Gasteiger partial charge < -0.3 is 14.5 Å². The van der Waals surface area contributed by atoms with Crippen LogP contribution in [-0.4, -0.2) is 99.1 Å². The average molecular weight is 462 g/mol. The number of hydrogen-bond donors (Lipinski definition) is 3. The Bertz CT molecular complexity index is 824. The number of carbonyl (C=O) groups excluding carboxylic acids is 1. The van der Waals surface area contributed by atoms with E-state index in [9.17, 15) is 13.2 Å². The molecule has 0 spiro atoms. The SMILES string of the molecule is CCOC(=O)C1C(=N)C(=NCCCON2NSC=C2N2CCN(C)CC2)NS1(=O)=O. The maximum atomic E-state index is 12.1. The Kier molecular flexibility index (Phi) is 7.57. The van der Waals surface area contributed by atoms with E-state index in [0.717, 1.165) is 32.0 Å². The third-order valence-electron chi connectivity index (χ3n) is 4.70. The molecule has 0 aromatic carbocycles. The fraction of sp³-hybridized carbons (Fsp3) is 0.688. The molecule has 0 aromatic rings. The van der Waals surface area contributed by atoms with Crippen LogP contribution in [0.15, 0.2) is 16.2 Å². The molecule has 3 N–H and O–H groups in total. The van der Waals surface area contributed by atoms with E-state index in [1.165, 1.54) is 11.9 Å². The molecule has 1 atom stereocenters. The molecule has 0 bridgehead atoms. The summed E-state index contributed by atoms with van der Waals surface area (Å²) >= 11 is 1.43. The molecule has 14 heteroatoms. The normalized spacial score (nSPS) is 25.5. The van der Waals surface area contributed by atoms with Crippen LogP contribution in [0, 0.1) is 5.41 Å². The summed E-state index contributed by atoms with van der Waals surface area (Å²) in [5.41, 5.74) is -0.396. The first-order valence-electron chi connectivity index (χ1n) is 9.63. The number of nitrogens with zero attached hydrogens (tertiary/aromatic N) is 4. The minimum absolute atomic E-state index is 0.0370. The summed E-state index contributed by atoms with van der Waals surface area (Å²) in [5.74, 6) is -0.132. The second kappa shape index (κ2) is 9.96. The molecule has 3 aliphatic heterocycles. The van der Waals surface area contributed by atoms with E-state index in [1.54, 1.807) is 12.1 Å². The first kappa shape index (κ1) is 22.8. The van der Waals surface area contributed by atoms with Crippen LogP contribution >= 0.6 is 11.9 Å². The number of amidine groups is 1. The van der Waals surface area contributed by atoms with Gasteiger partial charge >= 0.3 is 5.97 Å². The van der Waals surface area contributed by atoms with Gasteiger partial charge in [-0.05, 0) is 32.3 Å². The summed E-state index contributed by atoms with van der Waals surface area (Å²) < 4.78 is 31.1. The van der Waals surface area contributed by atoms with E-state index in [4.69, 9.17) is 15.0 Å². The van der Waals surface area contributed by atoms with Crippen molar-refractivity contribution in [3.63, 3.8) is 0 Å². The number of rotatable bonds is 8. The number of hydroxylamine groups is 1. The Hall–Kier alpha value is -1.87. The van der Waals surface area contributed by atoms with Crippen LogP contribution in [0.1, 0.15) is 13.3 Å². The quantitative estimate of drug-likeness (QED) is 0.237. The minimum atomic E-state index is -4.03. The monoisotopic (exact) mass is 461 g/mol. The Morgan fingerprint density at radius 2 is 2.10 bits per heavy atom. The number of likely N-dealkylation sites (N-methyl/N-ethyl adjacent to an activating group) is 1. The fourth-order valence-corrected chi connectivity index (χ4v) is 5.02. The number of esters is 1. The third-order valence-corrected chi connectivity index (χ3v) is 6.82. The molecule has 2 fully saturated rings. The van der Waals surface area contributed by atoms with Crippen molar-refractivity contribution in [2.45, 2.75) is 18.6 Å². The smallest absolute Gasteiger partial charge is 0.332 e. The van der Waals surface area contributed by atoms with Crippen molar-refractivity contribution < 1.29 is 22.8 Å². The molecule has 2 saturated heterocycles. The molecular weight excluding hydrogens is 434 g/mol. The van der Waals surface area contributed by atoms with Gasteiger partial charge in [-0.3, -0.25) is 24.8 Å². The largest absolute Gasteiger partial charge is 0.465 e. The van der Waals surface area contributed by atoms with E-state index >= 15 is 0 Å². The van der Waals surface area contributed by atoms with Crippen molar-refractivity contribution >= 4 is 39.5 Å². The predicted octanol–water partition coefficient (Wildman–Crippen LogP) is -0.894. The topological polar surface area (TPSA) is 140 Å². The van der Waals surface area contributed by atoms with Gasteiger partial charge in [-0.2, -0.15) is 5.17 Å². The van der Waals surface area contributed by atoms with Crippen LogP contribution in [0.25, 0.3) is 0 Å². The zero-order chi connectivity index (χ0) is 21.7. The predicted molar refractivity (Wildman–Crippen MR) is 113 cm³/mol. The number of carbonyl (C=O) groups is 1. The Morgan fingerprint density at radius 3 is 2.80 bits per heavy atom. The lowest BCUT2D eigenvalue weighted by atomic mass is 10.2. The Balaban J connectivity index is 1.46. The lowest BCUT2D eigenvalue weighted by Crippen LogP contribution is -2.47. The van der Waals surface area contributed by atoms with Crippen molar-refractivity contribution in [2.24, 2.45) is 4.99 Å². The van der Waals surface area contributed by atoms with Crippen LogP contribution in [-0.2, 0) is 24.4 Å². The maximum Gasteiger partial charge on any atom is 0.332 e. The lowest BCUT2D eigenvalue weighted by molar-refractivity contribution is -0.163. The number of ether oxygens (including phenoxy) is 1. The van der Waals surface area contributed by atoms with Crippen LogP contribution in [0.3, 0.4) is 0 Å². The molecule has 0 aromatic heterocycles. The number of hydrogen-bond acceptors (Lipinski definition) is 12. The van der Waals surface area contributed by atoms with Crippen LogP contribution in [0.2, 0.25) is 0 Å². The molecule has 30 heavy (non-hydrogen) atoms. The summed E-state index contributed by atoms with van der Waals surface area (Å²) in [6.45, 7) is 6.01. The number of sulfonamides is 1. The molecule has 12 nitrogen and oxygen atoms in total. The molecule has 168 valence electrons. The number of hydrazine groups is 1. The summed E-state index contributed by atoms with van der Waals surface area (Å²) in [6, 6.07) is 0. The van der Waals surface area contributed by atoms with Crippen molar-refractivity contribution in [2.75, 3.05) is 53.0 Å². The van der Waals surface area contributed by atoms with Gasteiger partial charge in [0.15, 0.2) is 11.7 Å². The van der Waals surface area contributed by atoms with Crippen molar-refractivity contribution in [1.82, 2.24) is 24.5 Å². The number of piperazine rings is 1. The summed E-state index contributed by atoms with van der Waals surface area (Å²) in [4.78, 5) is 29.3. The van der Waals surface area contributed by atoms with Gasteiger partial charge in [-0.1, -0.05) is 0 Å². The summed E-state index contributed by atoms with van der Waals surface area (Å²) in [5, 5.41) is 9.91. The average Bonchev–Trinajstić information content (AvgIpc) is 3.24. The second-order valence-electron chi connectivity index (χ2n) is 6.88. The van der Waals surface area contributed by atoms with Gasteiger partial charge in [0.05, 0.1) is 13.2 Å². The molecule has 0 saturated carbocycles. The van der Waals surface area contributed by atoms with Gasteiger partial charge in [-0.15, -0.1) is 4.83 Å². The van der Waals surface area contributed by atoms with Crippen molar-refractivity contribution in [3.8, 4) is 0 Å². The van der Waals surface area contributed by atoms with Gasteiger partial charge in [0.1, 0.15) is 5.71 Å². The first-order chi connectivity index (χ1) is 14.3. The minimum Gasteiger partial charge on any atom is -0.465 e. The molecule has 3 rings (SSSR count). The Morgan fingerprint density at radius 1 is 1.37 bits per heavy atom. The highest BCUT2D eigenvalue weighted by Crippen LogP contribution is 2.22. The lowest BCUT2D eigenvalue weighted by Gasteiger charge is -2.36. The summed E-state index contributed by atoms with van der Waals surface area (Å²) in [7, 11) is -1.94. The van der Waals surface area contributed by atoms with E-state index in [1.807, 2.05) is 5.41 Å². The highest BCUT2D eigenvalue weighted by atomic mass is 32.2. The Labute approximate surface area is 180 Å². The van der Waals surface area contributed by atoms with Crippen LogP contribution in [0.4, 0.5) is 0 Å². The van der Waals surface area contributed by atoms with Crippen molar-refractivity contribution in [3.05, 3.63) is 11.2 Å². The molecule has 0 aliphatic carbocycles. The van der Waals surface area contributed by atoms with E-state index in [-0.39, 0.29) is 19.0 Å². The van der Waals surface area contributed by atoms with Gasteiger partial charge in [0.2, 0.25) is 5.25 Å². The van der Waals surface area contributed by atoms with Crippen LogP contribution in [0.5, 0.6) is 0 Å². The van der Waals surface area contributed by atoms with Crippen molar-refractivity contribution in [1.29, 1.82) is 5.41 Å². The molecule has 0 radical (unpaired) electrons. The van der Waals surface area contributed by atoms with E-state index in [0.29, 0.717) is 13.0 Å². The summed E-state index contributed by atoms with van der Waals surface area (Å²) in [6.07, 6.45) is 0.501. The molecule has 3 aliphatic rings. The number of aliphatic imine (C=N–C) groups is 1. The molecule has 1 unspecified atom stereocenters. The first-order valence-corrected chi connectivity index (χ1v) is 12.1. The molecule has 0 amide bonds. The third kappa shape index (κ3) is 5.24. The number of nitrogens with one attached hydrogen (secondary N) is 3. The standard InChI is InChI=1S/C16H27N7O5S2/c1-3-27-16(24)14-13(17)15(19-30(14,25)26)18-5-4-10-28-23-12(11-29-20-23)22-8-6-21(2)7-9-22/h11,14,17,20H,3-10H2,1-2H3,(H,18,19). The second-order valence-corrected chi connectivity index (χ2v) is 9.30. The van der Waals surface area contributed by atoms with Crippen LogP contribution < -0.4 is 9.55 Å². The van der Waals surface area contributed by atoms with Gasteiger partial charge in [0, 0.05) is 38.1 Å². The van der Waals surface area contributed by atoms with Gasteiger partial charge in [-0.25, -0.2) is 8.42 Å². The zero-order valence-electron chi connectivity index (χ0n) is 17.0. The fourth-order valence-electron chi connectivity index (χ4n) is 3.07. The highest BCUT2D eigenvalue weighted by molar-refractivity contribution is 8.00. The van der Waals surface area contributed by atoms with E-state index < -0.39 is 27.0 Å². The van der Waals surface area contributed by atoms with E-state index in [2.05, 4.69) is 31.4 Å². The zero-order valence-corrected chi connectivity index (χ0v) is 18.6.